The Kier molecular flexibility index (Phi) is 5.95. The fourth-order valence-corrected chi connectivity index (χ4v) is 1.74. The second-order valence-corrected chi connectivity index (χ2v) is 4.96. The molecule has 0 aromatic heterocycles. The SMILES string of the molecule is COc1ccc(F)c(NC(=O)N[C@H](CC(C)C)C(=O)O)c1. The highest BCUT2D eigenvalue weighted by Gasteiger charge is 2.21. The van der Waals surface area contributed by atoms with Crippen molar-refractivity contribution < 1.29 is 23.8 Å². The lowest BCUT2D eigenvalue weighted by Crippen LogP contribution is -2.43. The average Bonchev–Trinajstić information content (AvgIpc) is 2.39. The van der Waals surface area contributed by atoms with E-state index in [0.717, 1.165) is 6.07 Å². The van der Waals surface area contributed by atoms with E-state index in [1.807, 2.05) is 13.8 Å². The van der Waals surface area contributed by atoms with Crippen LogP contribution in [0, 0.1) is 11.7 Å². The summed E-state index contributed by atoms with van der Waals surface area (Å²) < 4.78 is 18.5. The van der Waals surface area contributed by atoms with Crippen LogP contribution in [0.15, 0.2) is 18.2 Å². The largest absolute Gasteiger partial charge is 0.497 e. The van der Waals surface area contributed by atoms with Crippen LogP contribution in [0.1, 0.15) is 20.3 Å². The standard InChI is InChI=1S/C14H19FN2O4/c1-8(2)6-12(13(18)19)17-14(20)16-11-7-9(21-3)4-5-10(11)15/h4-5,7-8,12H,6H2,1-3H3,(H,18,19)(H2,16,17,20)/t12-/m1/s1. The van der Waals surface area contributed by atoms with Gasteiger partial charge in [-0.15, -0.1) is 0 Å². The van der Waals surface area contributed by atoms with Gasteiger partial charge in [0.1, 0.15) is 17.6 Å². The molecule has 21 heavy (non-hydrogen) atoms. The predicted octanol–water partition coefficient (Wildman–Crippen LogP) is 2.46. The molecule has 6 nitrogen and oxygen atoms in total. The van der Waals surface area contributed by atoms with Crippen LogP contribution in [-0.2, 0) is 4.79 Å². The number of nitrogens with one attached hydrogen (secondary N) is 2. The maximum atomic E-state index is 13.6. The van der Waals surface area contributed by atoms with Crippen molar-refractivity contribution in [2.45, 2.75) is 26.3 Å². The number of urea groups is 1. The third kappa shape index (κ3) is 5.29. The Labute approximate surface area is 122 Å². The molecule has 0 saturated heterocycles. The van der Waals surface area contributed by atoms with E-state index in [9.17, 15) is 14.0 Å². The molecule has 1 aromatic carbocycles. The summed E-state index contributed by atoms with van der Waals surface area (Å²) in [5.41, 5.74) is -0.0828. The zero-order valence-corrected chi connectivity index (χ0v) is 12.1. The number of carboxylic acids is 1. The summed E-state index contributed by atoms with van der Waals surface area (Å²) in [5, 5.41) is 13.6. The van der Waals surface area contributed by atoms with Crippen LogP contribution in [0.3, 0.4) is 0 Å². The number of anilines is 1. The van der Waals surface area contributed by atoms with Crippen LogP contribution in [-0.4, -0.2) is 30.3 Å². The summed E-state index contributed by atoms with van der Waals surface area (Å²) in [5.74, 6) is -1.30. The molecule has 0 fully saturated rings. The second kappa shape index (κ2) is 7.47. The predicted molar refractivity (Wildman–Crippen MR) is 76.0 cm³/mol. The molecule has 0 bridgehead atoms. The molecule has 0 aliphatic rings. The molecular formula is C14H19FN2O4. The zero-order chi connectivity index (χ0) is 16.0. The normalized spacial score (nSPS) is 11.9. The van der Waals surface area contributed by atoms with Crippen LogP contribution in [0.4, 0.5) is 14.9 Å². The minimum absolute atomic E-state index is 0.0828. The van der Waals surface area contributed by atoms with Gasteiger partial charge in [-0.3, -0.25) is 0 Å². The molecule has 1 atom stereocenters. The molecule has 0 heterocycles. The Hall–Kier alpha value is -2.31. The van der Waals surface area contributed by atoms with Crippen LogP contribution in [0.25, 0.3) is 0 Å². The quantitative estimate of drug-likeness (QED) is 0.752. The molecule has 2 amide bonds. The number of benzene rings is 1. The third-order valence-electron chi connectivity index (χ3n) is 2.73. The maximum Gasteiger partial charge on any atom is 0.326 e. The lowest BCUT2D eigenvalue weighted by molar-refractivity contribution is -0.139. The van der Waals surface area contributed by atoms with Gasteiger partial charge in [-0.1, -0.05) is 13.8 Å². The molecule has 7 heteroatoms. The molecule has 1 rings (SSSR count). The second-order valence-electron chi connectivity index (χ2n) is 4.96. The Bertz CT molecular complexity index is 520. The van der Waals surface area contributed by atoms with Crippen molar-refractivity contribution in [3.05, 3.63) is 24.0 Å². The van der Waals surface area contributed by atoms with Crippen molar-refractivity contribution in [1.82, 2.24) is 5.32 Å². The molecule has 0 saturated carbocycles. The molecular weight excluding hydrogens is 279 g/mol. The van der Waals surface area contributed by atoms with E-state index in [2.05, 4.69) is 10.6 Å². The monoisotopic (exact) mass is 298 g/mol. The summed E-state index contributed by atoms with van der Waals surface area (Å²) in [6, 6.07) is 2.07. The molecule has 0 unspecified atom stereocenters. The average molecular weight is 298 g/mol. The van der Waals surface area contributed by atoms with Crippen molar-refractivity contribution in [2.75, 3.05) is 12.4 Å². The minimum atomic E-state index is -1.13. The number of rotatable bonds is 6. The van der Waals surface area contributed by atoms with Crippen LogP contribution >= 0.6 is 0 Å². The Morgan fingerprint density at radius 3 is 2.57 bits per heavy atom. The van der Waals surface area contributed by atoms with Gasteiger partial charge >= 0.3 is 12.0 Å². The Balaban J connectivity index is 2.74. The molecule has 116 valence electrons. The Morgan fingerprint density at radius 2 is 2.05 bits per heavy atom. The van der Waals surface area contributed by atoms with Gasteiger partial charge in [-0.05, 0) is 24.5 Å². The Morgan fingerprint density at radius 1 is 1.38 bits per heavy atom. The highest BCUT2D eigenvalue weighted by Crippen LogP contribution is 2.21. The number of methoxy groups -OCH3 is 1. The van der Waals surface area contributed by atoms with Crippen LogP contribution in [0.2, 0.25) is 0 Å². The van der Waals surface area contributed by atoms with Gasteiger partial charge in [-0.25, -0.2) is 14.0 Å². The van der Waals surface area contributed by atoms with Crippen molar-refractivity contribution in [2.24, 2.45) is 5.92 Å². The fraction of sp³-hybridized carbons (Fsp3) is 0.429. The van der Waals surface area contributed by atoms with E-state index >= 15 is 0 Å². The first-order valence-electron chi connectivity index (χ1n) is 6.47. The first-order valence-corrected chi connectivity index (χ1v) is 6.47. The highest BCUT2D eigenvalue weighted by atomic mass is 19.1. The van der Waals surface area contributed by atoms with E-state index in [4.69, 9.17) is 9.84 Å². The lowest BCUT2D eigenvalue weighted by atomic mass is 10.0. The third-order valence-corrected chi connectivity index (χ3v) is 2.73. The number of amides is 2. The van der Waals surface area contributed by atoms with Crippen molar-refractivity contribution >= 4 is 17.7 Å². The maximum absolute atomic E-state index is 13.6. The topological polar surface area (TPSA) is 87.7 Å². The summed E-state index contributed by atoms with van der Waals surface area (Å²) in [4.78, 5) is 22.8. The number of hydrogen-bond donors (Lipinski definition) is 3. The smallest absolute Gasteiger partial charge is 0.326 e. The van der Waals surface area contributed by atoms with Crippen LogP contribution in [0.5, 0.6) is 5.75 Å². The van der Waals surface area contributed by atoms with Crippen LogP contribution < -0.4 is 15.4 Å². The molecule has 0 aliphatic heterocycles. The first-order chi connectivity index (χ1) is 9.83. The highest BCUT2D eigenvalue weighted by molar-refractivity contribution is 5.92. The summed E-state index contributed by atoms with van der Waals surface area (Å²) in [7, 11) is 1.42. The number of hydrogen-bond acceptors (Lipinski definition) is 3. The summed E-state index contributed by atoms with van der Waals surface area (Å²) in [6.07, 6.45) is 0.281. The van der Waals surface area contributed by atoms with Gasteiger partial charge in [0.05, 0.1) is 12.8 Å². The number of carbonyl (C=O) groups excluding carboxylic acids is 1. The van der Waals surface area contributed by atoms with Gasteiger partial charge in [0, 0.05) is 6.07 Å². The van der Waals surface area contributed by atoms with Gasteiger partial charge in [0.25, 0.3) is 0 Å². The van der Waals surface area contributed by atoms with Crippen molar-refractivity contribution in [3.8, 4) is 5.75 Å². The molecule has 0 radical (unpaired) electrons. The van der Waals surface area contributed by atoms with Gasteiger partial charge < -0.3 is 20.5 Å². The van der Waals surface area contributed by atoms with E-state index < -0.39 is 23.9 Å². The number of carboxylic acid groups (broad SMARTS) is 1. The summed E-state index contributed by atoms with van der Waals surface area (Å²) in [6.45, 7) is 3.69. The van der Waals surface area contributed by atoms with E-state index in [-0.39, 0.29) is 18.0 Å². The van der Waals surface area contributed by atoms with E-state index in [1.54, 1.807) is 0 Å². The molecule has 3 N–H and O–H groups in total. The number of carbonyl (C=O) groups is 2. The first kappa shape index (κ1) is 16.7. The number of aliphatic carboxylic acids is 1. The molecule has 0 aliphatic carbocycles. The molecule has 0 spiro atoms. The van der Waals surface area contributed by atoms with Gasteiger partial charge in [0.15, 0.2) is 0 Å². The number of ether oxygens (including phenoxy) is 1. The van der Waals surface area contributed by atoms with Crippen molar-refractivity contribution in [3.63, 3.8) is 0 Å². The zero-order valence-electron chi connectivity index (χ0n) is 12.1. The lowest BCUT2D eigenvalue weighted by Gasteiger charge is -2.17. The minimum Gasteiger partial charge on any atom is -0.497 e. The number of halogens is 1. The fourth-order valence-electron chi connectivity index (χ4n) is 1.74. The van der Waals surface area contributed by atoms with Gasteiger partial charge in [0.2, 0.25) is 0 Å². The van der Waals surface area contributed by atoms with Crippen molar-refractivity contribution in [1.29, 1.82) is 0 Å². The summed E-state index contributed by atoms with van der Waals surface area (Å²) >= 11 is 0. The molecule has 1 aromatic rings. The van der Waals surface area contributed by atoms with E-state index in [1.165, 1.54) is 19.2 Å². The van der Waals surface area contributed by atoms with E-state index in [0.29, 0.717) is 5.75 Å². The van der Waals surface area contributed by atoms with Gasteiger partial charge in [-0.2, -0.15) is 0 Å².